The molecule has 0 atom stereocenters. The molecule has 49 heavy (non-hydrogen) atoms. The summed E-state index contributed by atoms with van der Waals surface area (Å²) in [5.41, 5.74) is 7.59. The van der Waals surface area contributed by atoms with Crippen molar-refractivity contribution >= 4 is 21.8 Å². The van der Waals surface area contributed by atoms with Gasteiger partial charge in [0.1, 0.15) is 23.1 Å². The van der Waals surface area contributed by atoms with Gasteiger partial charge in [-0.1, -0.05) is 37.6 Å². The van der Waals surface area contributed by atoms with Gasteiger partial charge in [-0.2, -0.15) is 17.2 Å². The molecule has 7 rings (SSSR count). The summed E-state index contributed by atoms with van der Waals surface area (Å²) in [6.07, 6.45) is 3.26. The fraction of sp³-hybridized carbons (Fsp3) is 0.200. The van der Waals surface area contributed by atoms with Crippen molar-refractivity contribution in [3.63, 3.8) is 0 Å². The fourth-order valence-electron chi connectivity index (χ4n) is 6.37. The number of aromatic nitrogens is 4. The van der Waals surface area contributed by atoms with Crippen LogP contribution in [0.15, 0.2) is 85.1 Å². The number of pyridine rings is 1. The molecule has 0 aliphatic carbocycles. The van der Waals surface area contributed by atoms with Crippen molar-refractivity contribution in [1.29, 1.82) is 0 Å². The molecule has 0 radical (unpaired) electrons. The summed E-state index contributed by atoms with van der Waals surface area (Å²) in [4.78, 5) is 4.69. The molecule has 7 aromatic rings. The Kier molecular flexibility index (Phi) is 9.79. The predicted molar refractivity (Wildman–Crippen MR) is 188 cm³/mol. The molecule has 4 aromatic carbocycles. The first kappa shape index (κ1) is 33.8. The maximum Gasteiger partial charge on any atom is 2.00 e. The first-order valence-corrected chi connectivity index (χ1v) is 16.0. The van der Waals surface area contributed by atoms with Crippen LogP contribution in [0.25, 0.3) is 44.4 Å². The van der Waals surface area contributed by atoms with E-state index in [9.17, 15) is 0 Å². The normalized spacial score (nSPS) is 11.1. The molecule has 3 heterocycles. The summed E-state index contributed by atoms with van der Waals surface area (Å²) in [5, 5.41) is 7.28. The molecule has 0 fully saturated rings. The largest absolute Gasteiger partial charge is 2.00 e. The van der Waals surface area contributed by atoms with Crippen molar-refractivity contribution in [2.75, 3.05) is 21.3 Å². The average Bonchev–Trinajstić information content (AvgIpc) is 3.66. The zero-order chi connectivity index (χ0) is 33.4. The first-order chi connectivity index (χ1) is 23.5. The zero-order valence-corrected chi connectivity index (χ0v) is 30.5. The number of ether oxygens (including phenoxy) is 4. The number of nitrogens with zero attached hydrogens (tertiary/aromatic N) is 4. The quantitative estimate of drug-likeness (QED) is 0.128. The van der Waals surface area contributed by atoms with Gasteiger partial charge in [-0.05, 0) is 54.6 Å². The number of aryl methyl sites for hydroxylation is 2. The second-order valence-electron chi connectivity index (χ2n) is 11.4. The molecule has 0 saturated carbocycles. The third-order valence-electron chi connectivity index (χ3n) is 8.58. The number of rotatable bonds is 10. The molecule has 0 amide bonds. The molecular formula is C40H36N4O4Pt. The van der Waals surface area contributed by atoms with Crippen LogP contribution in [-0.2, 0) is 33.9 Å². The van der Waals surface area contributed by atoms with Gasteiger partial charge in [-0.25, -0.2) is 4.98 Å². The van der Waals surface area contributed by atoms with Crippen LogP contribution in [0.5, 0.6) is 28.7 Å². The molecule has 0 bridgehead atoms. The molecule has 0 saturated heterocycles. The Balaban J connectivity index is 0.00000417. The van der Waals surface area contributed by atoms with Crippen LogP contribution in [0, 0.1) is 19.1 Å². The van der Waals surface area contributed by atoms with E-state index in [-0.39, 0.29) is 21.1 Å². The van der Waals surface area contributed by atoms with Crippen molar-refractivity contribution in [2.24, 2.45) is 0 Å². The molecule has 8 nitrogen and oxygen atoms in total. The monoisotopic (exact) mass is 831 g/mol. The van der Waals surface area contributed by atoms with Crippen molar-refractivity contribution in [3.05, 3.63) is 114 Å². The topological polar surface area (TPSA) is 72.6 Å². The third kappa shape index (κ3) is 6.06. The minimum Gasteiger partial charge on any atom is -0.509 e. The van der Waals surface area contributed by atoms with E-state index in [4.69, 9.17) is 24.0 Å². The van der Waals surface area contributed by atoms with Gasteiger partial charge in [0.2, 0.25) is 0 Å². The van der Waals surface area contributed by atoms with E-state index in [1.165, 1.54) is 0 Å². The van der Waals surface area contributed by atoms with Gasteiger partial charge < -0.3 is 23.5 Å². The fourth-order valence-corrected chi connectivity index (χ4v) is 6.37. The van der Waals surface area contributed by atoms with Crippen molar-refractivity contribution in [1.82, 2.24) is 19.3 Å². The van der Waals surface area contributed by atoms with E-state index in [0.29, 0.717) is 41.6 Å². The van der Waals surface area contributed by atoms with E-state index in [1.54, 1.807) is 21.3 Å². The van der Waals surface area contributed by atoms with Crippen LogP contribution < -0.4 is 18.9 Å². The van der Waals surface area contributed by atoms with Crippen molar-refractivity contribution in [2.45, 2.75) is 33.6 Å². The van der Waals surface area contributed by atoms with Crippen LogP contribution in [0.4, 0.5) is 0 Å². The van der Waals surface area contributed by atoms with Crippen molar-refractivity contribution in [3.8, 4) is 51.4 Å². The van der Waals surface area contributed by atoms with E-state index in [0.717, 1.165) is 61.4 Å². The molecule has 0 spiro atoms. The first-order valence-electron chi connectivity index (χ1n) is 16.0. The van der Waals surface area contributed by atoms with Crippen LogP contribution in [0.1, 0.15) is 30.8 Å². The van der Waals surface area contributed by atoms with Gasteiger partial charge in [0.05, 0.1) is 32.6 Å². The smallest absolute Gasteiger partial charge is 0.509 e. The van der Waals surface area contributed by atoms with Gasteiger partial charge in [0, 0.05) is 46.6 Å². The summed E-state index contributed by atoms with van der Waals surface area (Å²) in [7, 11) is 4.93. The molecular weight excluding hydrogens is 796 g/mol. The number of benzene rings is 4. The predicted octanol–water partition coefficient (Wildman–Crippen LogP) is 8.88. The van der Waals surface area contributed by atoms with E-state index in [1.807, 2.05) is 59.4 Å². The number of methoxy groups -OCH3 is 3. The second-order valence-corrected chi connectivity index (χ2v) is 11.4. The minimum atomic E-state index is 0. The van der Waals surface area contributed by atoms with Crippen molar-refractivity contribution < 1.29 is 40.0 Å². The SMILES string of the molecule is CCc1nn(-c2[c-]c(Oc3[c-]c4c(cc3)c3ccccc3n4-c3cc(C)ccn3)ccc2)c(CC)c1-c1c(OC)cc(OC)cc1OC.[Pt+2]. The maximum absolute atomic E-state index is 6.44. The standard InChI is InChI=1S/C40H36N4O4.Pt/c1-7-32-39(40-36(46-5)23-29(45-4)24-37(40)47-6)33(8-2)44(42-32)26-12-11-13-27(21-26)48-28-16-17-31-30-14-9-10-15-34(30)43(35(31)22-28)38-20-25(3)18-19-41-38;/h9-20,23-24H,7-8H2,1-6H3;/q-2;+2. The zero-order valence-electron chi connectivity index (χ0n) is 28.2. The molecule has 0 aliphatic heterocycles. The summed E-state index contributed by atoms with van der Waals surface area (Å²) in [6.45, 7) is 6.28. The van der Waals surface area contributed by atoms with E-state index < -0.39 is 0 Å². The molecule has 250 valence electrons. The summed E-state index contributed by atoms with van der Waals surface area (Å²) < 4.78 is 27.7. The van der Waals surface area contributed by atoms with Crippen LogP contribution in [0.2, 0.25) is 0 Å². The Hall–Kier alpha value is -5.07. The van der Waals surface area contributed by atoms with Gasteiger partial charge in [0.25, 0.3) is 0 Å². The number of fused-ring (bicyclic) bond motifs is 3. The van der Waals surface area contributed by atoms with Gasteiger partial charge in [-0.15, -0.1) is 35.7 Å². The molecule has 0 N–H and O–H groups in total. The van der Waals surface area contributed by atoms with E-state index in [2.05, 4.69) is 72.8 Å². The summed E-state index contributed by atoms with van der Waals surface area (Å²) >= 11 is 0. The summed E-state index contributed by atoms with van der Waals surface area (Å²) in [6, 6.07) is 33.0. The molecule has 3 aromatic heterocycles. The number of para-hydroxylation sites is 1. The molecule has 0 unspecified atom stereocenters. The van der Waals surface area contributed by atoms with Gasteiger partial charge in [-0.3, -0.25) is 4.68 Å². The van der Waals surface area contributed by atoms with Crippen LogP contribution >= 0.6 is 0 Å². The number of hydrogen-bond donors (Lipinski definition) is 0. The van der Waals surface area contributed by atoms with Gasteiger partial charge in [0.15, 0.2) is 0 Å². The third-order valence-corrected chi connectivity index (χ3v) is 8.58. The Morgan fingerprint density at radius 1 is 0.735 bits per heavy atom. The average molecular weight is 832 g/mol. The Morgan fingerprint density at radius 3 is 2.18 bits per heavy atom. The van der Waals surface area contributed by atoms with Crippen LogP contribution in [-0.4, -0.2) is 40.7 Å². The Morgan fingerprint density at radius 2 is 1.49 bits per heavy atom. The molecule has 0 aliphatic rings. The van der Waals surface area contributed by atoms with Crippen LogP contribution in [0.3, 0.4) is 0 Å². The van der Waals surface area contributed by atoms with E-state index >= 15 is 0 Å². The summed E-state index contributed by atoms with van der Waals surface area (Å²) in [5.74, 6) is 3.92. The molecule has 9 heteroatoms. The second kappa shape index (κ2) is 14.2. The maximum atomic E-state index is 6.44. The minimum absolute atomic E-state index is 0. The van der Waals surface area contributed by atoms with Gasteiger partial charge >= 0.3 is 21.1 Å². The number of hydrogen-bond acceptors (Lipinski definition) is 6. The Labute approximate surface area is 300 Å². The Bertz CT molecular complexity index is 2270.